The molecule has 3 heterocycles. The molecule has 2 aromatic heterocycles. The Morgan fingerprint density at radius 2 is 1.86 bits per heavy atom. The Morgan fingerprint density at radius 3 is 2.51 bits per heavy atom. The number of nitrogens with one attached hydrogen (secondary N) is 1. The van der Waals surface area contributed by atoms with Gasteiger partial charge in [-0.25, -0.2) is 9.37 Å². The molecular weight excluding hydrogens is 512 g/mol. The van der Waals surface area contributed by atoms with Crippen molar-refractivity contribution in [2.24, 2.45) is 0 Å². The van der Waals surface area contributed by atoms with Crippen molar-refractivity contribution in [1.82, 2.24) is 9.97 Å². The standard InChI is InChI=1S/C24H16F4N6O2S/c25-19-11-15(3-4-17(19)22(36)32-14-5-7-30-8-6-14)33-9-1-2-21(35)34(23(33)37)16-10-18(24(26,27)28)20(12-29)31-13-16/h3-8,10-11,13H,1-2,9H2,(H,30,32,36). The number of pyridine rings is 2. The van der Waals surface area contributed by atoms with Crippen LogP contribution in [-0.4, -0.2) is 33.4 Å². The minimum absolute atomic E-state index is 0.0487. The second-order valence-electron chi connectivity index (χ2n) is 7.82. The molecule has 1 aliphatic heterocycles. The molecule has 0 bridgehead atoms. The van der Waals surface area contributed by atoms with Gasteiger partial charge in [0.15, 0.2) is 10.8 Å². The minimum atomic E-state index is -4.89. The number of alkyl halides is 3. The van der Waals surface area contributed by atoms with E-state index in [1.807, 2.05) is 0 Å². The fourth-order valence-electron chi connectivity index (χ4n) is 3.69. The summed E-state index contributed by atoms with van der Waals surface area (Å²) in [6.45, 7) is 0.166. The highest BCUT2D eigenvalue weighted by Crippen LogP contribution is 2.34. The topological polar surface area (TPSA) is 102 Å². The molecule has 3 aromatic rings. The van der Waals surface area contributed by atoms with Gasteiger partial charge in [0.05, 0.1) is 23.0 Å². The third kappa shape index (κ3) is 5.39. The number of carbonyl (C=O) groups is 2. The van der Waals surface area contributed by atoms with Crippen molar-refractivity contribution < 1.29 is 27.2 Å². The molecule has 13 heteroatoms. The number of amides is 2. The number of benzene rings is 1. The largest absolute Gasteiger partial charge is 0.419 e. The summed E-state index contributed by atoms with van der Waals surface area (Å²) >= 11 is 5.44. The zero-order valence-corrected chi connectivity index (χ0v) is 19.6. The number of aromatic nitrogens is 2. The number of hydrogen-bond donors (Lipinski definition) is 1. The first kappa shape index (κ1) is 25.6. The van der Waals surface area contributed by atoms with Crippen LogP contribution in [0.2, 0.25) is 0 Å². The number of halogens is 4. The molecular formula is C24H16F4N6O2S. The van der Waals surface area contributed by atoms with Crippen LogP contribution in [-0.2, 0) is 11.0 Å². The lowest BCUT2D eigenvalue weighted by Crippen LogP contribution is -2.44. The van der Waals surface area contributed by atoms with Crippen LogP contribution < -0.4 is 15.1 Å². The fraction of sp³-hybridized carbons (Fsp3) is 0.167. The Labute approximate surface area is 213 Å². The number of carbonyl (C=O) groups excluding carboxylic acids is 2. The molecule has 0 radical (unpaired) electrons. The third-order valence-corrected chi connectivity index (χ3v) is 5.84. The van der Waals surface area contributed by atoms with E-state index in [1.165, 1.54) is 47.6 Å². The van der Waals surface area contributed by atoms with E-state index in [9.17, 15) is 27.2 Å². The van der Waals surface area contributed by atoms with Gasteiger partial charge in [-0.2, -0.15) is 18.4 Å². The molecule has 0 atom stereocenters. The van der Waals surface area contributed by atoms with E-state index in [2.05, 4.69) is 15.3 Å². The van der Waals surface area contributed by atoms with Gasteiger partial charge in [-0.15, -0.1) is 0 Å². The molecule has 0 unspecified atom stereocenters. The molecule has 1 N–H and O–H groups in total. The second kappa shape index (κ2) is 10.3. The van der Waals surface area contributed by atoms with Gasteiger partial charge in [0.1, 0.15) is 11.9 Å². The van der Waals surface area contributed by atoms with Crippen molar-refractivity contribution in [3.05, 3.63) is 77.6 Å². The number of anilines is 3. The van der Waals surface area contributed by atoms with Gasteiger partial charge in [-0.3, -0.25) is 19.5 Å². The Kier molecular flexibility index (Phi) is 7.12. The number of rotatable bonds is 4. The van der Waals surface area contributed by atoms with E-state index < -0.39 is 35.1 Å². The van der Waals surface area contributed by atoms with Crippen LogP contribution in [0.25, 0.3) is 0 Å². The number of nitriles is 1. The molecule has 0 spiro atoms. The van der Waals surface area contributed by atoms with E-state index >= 15 is 0 Å². The fourth-order valence-corrected chi connectivity index (χ4v) is 4.09. The highest BCUT2D eigenvalue weighted by molar-refractivity contribution is 7.81. The average molecular weight is 528 g/mol. The predicted octanol–water partition coefficient (Wildman–Crippen LogP) is 4.68. The maximum atomic E-state index is 15.0. The SMILES string of the molecule is N#Cc1ncc(N2C(=O)CCCN(c3ccc(C(=O)Nc4ccncc4)c(F)c3)C2=S)cc1C(F)(F)F. The van der Waals surface area contributed by atoms with Crippen molar-refractivity contribution in [3.63, 3.8) is 0 Å². The molecule has 188 valence electrons. The van der Waals surface area contributed by atoms with E-state index in [0.29, 0.717) is 11.8 Å². The second-order valence-corrected chi connectivity index (χ2v) is 8.19. The van der Waals surface area contributed by atoms with Gasteiger partial charge in [-0.05, 0) is 55.0 Å². The summed E-state index contributed by atoms with van der Waals surface area (Å²) < 4.78 is 55.4. The minimum Gasteiger partial charge on any atom is -0.322 e. The first-order valence-electron chi connectivity index (χ1n) is 10.7. The van der Waals surface area contributed by atoms with Crippen molar-refractivity contribution in [2.45, 2.75) is 19.0 Å². The summed E-state index contributed by atoms with van der Waals surface area (Å²) in [6, 6.07) is 8.80. The normalized spacial score (nSPS) is 14.2. The molecule has 8 nitrogen and oxygen atoms in total. The van der Waals surface area contributed by atoms with Crippen molar-refractivity contribution in [1.29, 1.82) is 5.26 Å². The number of thiocarbonyl (C=S) groups is 1. The monoisotopic (exact) mass is 528 g/mol. The summed E-state index contributed by atoms with van der Waals surface area (Å²) in [6.07, 6.45) is -0.786. The van der Waals surface area contributed by atoms with E-state index in [4.69, 9.17) is 17.5 Å². The third-order valence-electron chi connectivity index (χ3n) is 5.43. The van der Waals surface area contributed by atoms with Crippen LogP contribution >= 0.6 is 12.2 Å². The highest BCUT2D eigenvalue weighted by Gasteiger charge is 2.37. The molecule has 0 saturated carbocycles. The molecule has 37 heavy (non-hydrogen) atoms. The van der Waals surface area contributed by atoms with Crippen LogP contribution in [0.1, 0.15) is 34.5 Å². The van der Waals surface area contributed by atoms with Gasteiger partial charge >= 0.3 is 6.18 Å². The predicted molar refractivity (Wildman–Crippen MR) is 129 cm³/mol. The lowest BCUT2D eigenvalue weighted by atomic mass is 10.1. The molecule has 1 aliphatic rings. The van der Waals surface area contributed by atoms with Crippen LogP contribution in [0.3, 0.4) is 0 Å². The highest BCUT2D eigenvalue weighted by atomic mass is 32.1. The lowest BCUT2D eigenvalue weighted by molar-refractivity contribution is -0.138. The van der Waals surface area contributed by atoms with E-state index in [-0.39, 0.29) is 41.4 Å². The van der Waals surface area contributed by atoms with Gasteiger partial charge < -0.3 is 10.2 Å². The molecule has 1 aromatic carbocycles. The summed E-state index contributed by atoms with van der Waals surface area (Å²) in [4.78, 5) is 35.0. The molecule has 1 fully saturated rings. The number of hydrogen-bond acceptors (Lipinski definition) is 6. The Hall–Kier alpha value is -4.44. The number of nitrogens with zero attached hydrogens (tertiary/aromatic N) is 5. The zero-order valence-electron chi connectivity index (χ0n) is 18.8. The summed E-state index contributed by atoms with van der Waals surface area (Å²) in [7, 11) is 0. The quantitative estimate of drug-likeness (QED) is 0.388. The zero-order chi connectivity index (χ0) is 26.7. The Bertz CT molecular complexity index is 1420. The van der Waals surface area contributed by atoms with Crippen LogP contribution in [0.5, 0.6) is 0 Å². The van der Waals surface area contributed by atoms with Gasteiger partial charge in [-0.1, -0.05) is 0 Å². The van der Waals surface area contributed by atoms with Crippen LogP contribution in [0.15, 0.2) is 55.0 Å². The average Bonchev–Trinajstić information content (AvgIpc) is 3.01. The molecule has 4 rings (SSSR count). The van der Waals surface area contributed by atoms with Gasteiger partial charge in [0, 0.05) is 36.7 Å². The summed E-state index contributed by atoms with van der Waals surface area (Å²) in [5.41, 5.74) is -2.07. The first-order valence-corrected chi connectivity index (χ1v) is 11.1. The van der Waals surface area contributed by atoms with Crippen molar-refractivity contribution in [3.8, 4) is 6.07 Å². The van der Waals surface area contributed by atoms with Crippen molar-refractivity contribution in [2.75, 3.05) is 21.7 Å². The Morgan fingerprint density at radius 1 is 1.14 bits per heavy atom. The van der Waals surface area contributed by atoms with Crippen LogP contribution in [0, 0.1) is 17.1 Å². The maximum absolute atomic E-state index is 15.0. The van der Waals surface area contributed by atoms with E-state index in [1.54, 1.807) is 0 Å². The Balaban J connectivity index is 1.65. The van der Waals surface area contributed by atoms with Crippen molar-refractivity contribution >= 4 is 46.2 Å². The summed E-state index contributed by atoms with van der Waals surface area (Å²) in [5, 5.41) is 11.3. The lowest BCUT2D eigenvalue weighted by Gasteiger charge is -2.30. The smallest absolute Gasteiger partial charge is 0.322 e. The summed E-state index contributed by atoms with van der Waals surface area (Å²) in [5.74, 6) is -2.15. The van der Waals surface area contributed by atoms with E-state index in [0.717, 1.165) is 17.2 Å². The maximum Gasteiger partial charge on any atom is 0.419 e. The van der Waals surface area contributed by atoms with Gasteiger partial charge in [0.2, 0.25) is 5.91 Å². The molecule has 1 saturated heterocycles. The van der Waals surface area contributed by atoms with Gasteiger partial charge in [0.25, 0.3) is 5.91 Å². The molecule has 2 amide bonds. The first-order chi connectivity index (χ1) is 17.6. The molecule has 0 aliphatic carbocycles. The van der Waals surface area contributed by atoms with Crippen LogP contribution in [0.4, 0.5) is 34.6 Å².